The van der Waals surface area contributed by atoms with Gasteiger partial charge in [-0.1, -0.05) is 23.2 Å². The molecule has 0 radical (unpaired) electrons. The third kappa shape index (κ3) is 5.11. The molecule has 3 N–H and O–H groups in total. The molecule has 0 spiro atoms. The van der Waals surface area contributed by atoms with Gasteiger partial charge in [-0.3, -0.25) is 9.78 Å². The fourth-order valence-electron chi connectivity index (χ4n) is 3.89. The number of hydrogen-bond acceptors (Lipinski definition) is 6. The van der Waals surface area contributed by atoms with Crippen molar-refractivity contribution in [3.63, 3.8) is 0 Å². The van der Waals surface area contributed by atoms with Gasteiger partial charge in [-0.25, -0.2) is 0 Å². The summed E-state index contributed by atoms with van der Waals surface area (Å²) in [5.41, 5.74) is 8.89. The number of nitrogens with two attached hydrogens (primary N) is 1. The number of likely N-dealkylation sites (N-methyl/N-ethyl adjacent to an activating group) is 1. The van der Waals surface area contributed by atoms with E-state index >= 15 is 0 Å². The van der Waals surface area contributed by atoms with Crippen molar-refractivity contribution in [1.29, 1.82) is 0 Å². The van der Waals surface area contributed by atoms with Crippen LogP contribution >= 0.6 is 23.2 Å². The Hall–Kier alpha value is -2.74. The van der Waals surface area contributed by atoms with Gasteiger partial charge in [0.05, 0.1) is 38.6 Å². The van der Waals surface area contributed by atoms with Gasteiger partial charge in [0.2, 0.25) is 0 Å². The molecule has 0 atom stereocenters. The molecular weight excluding hydrogens is 461 g/mol. The van der Waals surface area contributed by atoms with Gasteiger partial charge >= 0.3 is 0 Å². The molecule has 1 amide bonds. The molecule has 9 heteroatoms. The van der Waals surface area contributed by atoms with E-state index in [-0.39, 0.29) is 11.7 Å². The zero-order valence-electron chi connectivity index (χ0n) is 18.9. The van der Waals surface area contributed by atoms with Crippen molar-refractivity contribution in [2.24, 2.45) is 5.73 Å². The van der Waals surface area contributed by atoms with Crippen LogP contribution in [0.15, 0.2) is 36.5 Å². The quantitative estimate of drug-likeness (QED) is 0.513. The summed E-state index contributed by atoms with van der Waals surface area (Å²) in [6.45, 7) is 7.64. The number of hydrogen-bond donors (Lipinski definition) is 2. The van der Waals surface area contributed by atoms with E-state index in [1.165, 1.54) is 6.20 Å². The Morgan fingerprint density at radius 3 is 2.48 bits per heavy atom. The minimum absolute atomic E-state index is 0.00682. The summed E-state index contributed by atoms with van der Waals surface area (Å²) >= 11 is 12.3. The number of carbonyl (C=O) groups excluding carboxylic acids is 1. The molecule has 2 heterocycles. The highest BCUT2D eigenvalue weighted by Gasteiger charge is 2.22. The zero-order chi connectivity index (χ0) is 23.7. The van der Waals surface area contributed by atoms with E-state index in [9.17, 15) is 4.79 Å². The minimum Gasteiger partial charge on any atom is -0.489 e. The molecular formula is C24H27Cl2N5O2. The van der Waals surface area contributed by atoms with Crippen LogP contribution in [0.25, 0.3) is 10.9 Å². The number of nitrogens with one attached hydrogen (secondary N) is 1. The first-order valence-corrected chi connectivity index (χ1v) is 11.6. The third-order valence-corrected chi connectivity index (χ3v) is 6.35. The lowest BCUT2D eigenvalue weighted by molar-refractivity contribution is 0.100. The van der Waals surface area contributed by atoms with Crippen molar-refractivity contribution >= 4 is 57.1 Å². The number of rotatable bonds is 6. The number of fused-ring (bicyclic) bond motifs is 1. The van der Waals surface area contributed by atoms with Crippen LogP contribution in [-0.2, 0) is 0 Å². The average molecular weight is 488 g/mol. The van der Waals surface area contributed by atoms with Crippen molar-refractivity contribution in [1.82, 2.24) is 9.88 Å². The Balaban J connectivity index is 1.88. The van der Waals surface area contributed by atoms with Crippen molar-refractivity contribution in [3.8, 4) is 5.75 Å². The second-order valence-corrected chi connectivity index (χ2v) is 9.27. The van der Waals surface area contributed by atoms with Gasteiger partial charge in [-0.15, -0.1) is 0 Å². The van der Waals surface area contributed by atoms with Gasteiger partial charge in [0.15, 0.2) is 0 Å². The summed E-state index contributed by atoms with van der Waals surface area (Å²) in [5, 5.41) is 4.93. The number of amides is 1. The first-order chi connectivity index (χ1) is 15.7. The summed E-state index contributed by atoms with van der Waals surface area (Å²) in [4.78, 5) is 21.4. The van der Waals surface area contributed by atoms with Gasteiger partial charge in [0, 0.05) is 49.5 Å². The Labute approximate surface area is 203 Å². The molecule has 174 valence electrons. The van der Waals surface area contributed by atoms with Crippen molar-refractivity contribution in [2.45, 2.75) is 20.0 Å². The van der Waals surface area contributed by atoms with Gasteiger partial charge in [-0.05, 0) is 45.2 Å². The highest BCUT2D eigenvalue weighted by molar-refractivity contribution is 6.42. The monoisotopic (exact) mass is 487 g/mol. The number of piperazine rings is 1. The lowest BCUT2D eigenvalue weighted by Crippen LogP contribution is -2.44. The van der Waals surface area contributed by atoms with Crippen LogP contribution in [0.5, 0.6) is 5.75 Å². The zero-order valence-corrected chi connectivity index (χ0v) is 20.4. The van der Waals surface area contributed by atoms with E-state index in [2.05, 4.69) is 27.1 Å². The number of halogens is 2. The molecule has 3 aromatic rings. The number of primary amides is 1. The summed E-state index contributed by atoms with van der Waals surface area (Å²) < 4.78 is 6.16. The van der Waals surface area contributed by atoms with E-state index in [4.69, 9.17) is 33.7 Å². The lowest BCUT2D eigenvalue weighted by atomic mass is 10.1. The Bertz CT molecular complexity index is 1190. The molecule has 1 aliphatic heterocycles. The van der Waals surface area contributed by atoms with Crippen LogP contribution < -0.4 is 20.7 Å². The first kappa shape index (κ1) is 23.4. The number of anilines is 3. The fourth-order valence-corrected chi connectivity index (χ4v) is 4.19. The van der Waals surface area contributed by atoms with Gasteiger partial charge in [0.25, 0.3) is 5.91 Å². The van der Waals surface area contributed by atoms with E-state index < -0.39 is 5.91 Å². The molecule has 0 bridgehead atoms. The summed E-state index contributed by atoms with van der Waals surface area (Å²) in [5.74, 6) is 0.192. The van der Waals surface area contributed by atoms with Gasteiger partial charge < -0.3 is 25.6 Å². The van der Waals surface area contributed by atoms with E-state index in [0.29, 0.717) is 26.9 Å². The van der Waals surface area contributed by atoms with Crippen molar-refractivity contribution < 1.29 is 9.53 Å². The molecule has 0 unspecified atom stereocenters. The van der Waals surface area contributed by atoms with Crippen LogP contribution in [-0.4, -0.2) is 55.1 Å². The largest absolute Gasteiger partial charge is 0.489 e. The predicted molar refractivity (Wildman–Crippen MR) is 135 cm³/mol. The number of nitrogens with zero attached hydrogens (tertiary/aromatic N) is 3. The average Bonchev–Trinajstić information content (AvgIpc) is 2.76. The van der Waals surface area contributed by atoms with Crippen LogP contribution in [0.4, 0.5) is 17.1 Å². The van der Waals surface area contributed by atoms with Crippen LogP contribution in [0.1, 0.15) is 24.2 Å². The molecule has 0 aliphatic carbocycles. The maximum absolute atomic E-state index is 12.3. The summed E-state index contributed by atoms with van der Waals surface area (Å²) in [7, 11) is 2.12. The highest BCUT2D eigenvalue weighted by Crippen LogP contribution is 2.39. The molecule has 33 heavy (non-hydrogen) atoms. The predicted octanol–water partition coefficient (Wildman–Crippen LogP) is 4.92. The molecule has 4 rings (SSSR count). The smallest absolute Gasteiger partial charge is 0.252 e. The Morgan fingerprint density at radius 1 is 1.12 bits per heavy atom. The highest BCUT2D eigenvalue weighted by atomic mass is 35.5. The maximum Gasteiger partial charge on any atom is 0.252 e. The van der Waals surface area contributed by atoms with Crippen LogP contribution in [0.2, 0.25) is 10.0 Å². The normalized spacial score (nSPS) is 14.7. The van der Waals surface area contributed by atoms with Crippen molar-refractivity contribution in [2.75, 3.05) is 43.4 Å². The molecule has 0 saturated carbocycles. The van der Waals surface area contributed by atoms with Crippen LogP contribution in [0, 0.1) is 0 Å². The molecule has 7 nitrogen and oxygen atoms in total. The number of benzene rings is 2. The molecule has 2 aromatic carbocycles. The van der Waals surface area contributed by atoms with Gasteiger partial charge in [0.1, 0.15) is 5.75 Å². The fraction of sp³-hybridized carbons (Fsp3) is 0.333. The van der Waals surface area contributed by atoms with Crippen molar-refractivity contribution in [3.05, 3.63) is 52.1 Å². The summed E-state index contributed by atoms with van der Waals surface area (Å²) in [6.07, 6.45) is 1.49. The second kappa shape index (κ2) is 9.63. The Kier molecular flexibility index (Phi) is 6.83. The minimum atomic E-state index is -0.574. The molecule has 1 aliphatic rings. The van der Waals surface area contributed by atoms with Crippen LogP contribution in [0.3, 0.4) is 0 Å². The number of carbonyl (C=O) groups is 1. The standard InChI is InChI=1S/C24H27Cl2N5O2/c1-14(2)33-22-12-20-16(11-21(22)31-8-6-30(3)7-9-31)23(17(13-28-20)24(27)32)29-15-4-5-18(25)19(26)10-15/h4-5,10-14H,6-9H2,1-3H3,(H2,27,32)(H,28,29). The molecule has 1 fully saturated rings. The van der Waals surface area contributed by atoms with E-state index in [1.54, 1.807) is 18.2 Å². The summed E-state index contributed by atoms with van der Waals surface area (Å²) in [6, 6.07) is 9.15. The molecule has 1 saturated heterocycles. The lowest BCUT2D eigenvalue weighted by Gasteiger charge is -2.35. The third-order valence-electron chi connectivity index (χ3n) is 5.61. The van der Waals surface area contributed by atoms with Gasteiger partial charge in [-0.2, -0.15) is 0 Å². The number of ether oxygens (including phenoxy) is 1. The maximum atomic E-state index is 12.3. The SMILES string of the molecule is CC(C)Oc1cc2ncc(C(N)=O)c(Nc3ccc(Cl)c(Cl)c3)c2cc1N1CCN(C)CC1. The Morgan fingerprint density at radius 2 is 1.85 bits per heavy atom. The number of pyridine rings is 1. The van der Waals surface area contributed by atoms with E-state index in [0.717, 1.165) is 43.0 Å². The first-order valence-electron chi connectivity index (χ1n) is 10.8. The number of aromatic nitrogens is 1. The topological polar surface area (TPSA) is 83.7 Å². The molecule has 1 aromatic heterocycles. The second-order valence-electron chi connectivity index (χ2n) is 8.46. The van der Waals surface area contributed by atoms with E-state index in [1.807, 2.05) is 26.0 Å².